The zero-order chi connectivity index (χ0) is 14.4. The molecular weight excluding hydrogens is 259 g/mol. The zero-order valence-electron chi connectivity index (χ0n) is 11.5. The predicted molar refractivity (Wildman–Crippen MR) is 74.8 cm³/mol. The summed E-state index contributed by atoms with van der Waals surface area (Å²) >= 11 is 0. The minimum Gasteiger partial charge on any atom is -0.481 e. The van der Waals surface area contributed by atoms with E-state index in [0.29, 0.717) is 5.56 Å². The number of hydrogen-bond donors (Lipinski definition) is 2. The first kappa shape index (κ1) is 14.8. The van der Waals surface area contributed by atoms with Crippen LogP contribution in [-0.4, -0.2) is 18.6 Å². The average Bonchev–Trinajstić information content (AvgIpc) is 2.47. The van der Waals surface area contributed by atoms with E-state index in [-0.39, 0.29) is 30.9 Å². The van der Waals surface area contributed by atoms with E-state index in [0.717, 1.165) is 25.7 Å². The van der Waals surface area contributed by atoms with E-state index in [4.69, 9.17) is 10.5 Å². The first-order valence-corrected chi connectivity index (χ1v) is 7.09. The van der Waals surface area contributed by atoms with Crippen molar-refractivity contribution < 1.29 is 13.9 Å². The molecular formula is C15H21FN2O2. The van der Waals surface area contributed by atoms with Gasteiger partial charge in [0.25, 0.3) is 5.91 Å². The number of benzene rings is 1. The molecule has 0 radical (unpaired) electrons. The topological polar surface area (TPSA) is 64.3 Å². The molecule has 2 rings (SSSR count). The number of nitrogens with two attached hydrogens (primary N) is 1. The zero-order valence-corrected chi connectivity index (χ0v) is 11.5. The summed E-state index contributed by atoms with van der Waals surface area (Å²) in [7, 11) is 0. The SMILES string of the molecule is NCc1ccc(OCC(=O)NC2CCCCC2)c(F)c1. The molecule has 5 heteroatoms. The minimum absolute atomic E-state index is 0.0843. The third-order valence-corrected chi connectivity index (χ3v) is 3.56. The lowest BCUT2D eigenvalue weighted by Gasteiger charge is -2.22. The van der Waals surface area contributed by atoms with Gasteiger partial charge in [0, 0.05) is 12.6 Å². The molecule has 0 aliphatic heterocycles. The second-order valence-electron chi connectivity index (χ2n) is 5.16. The van der Waals surface area contributed by atoms with Crippen LogP contribution in [0, 0.1) is 5.82 Å². The summed E-state index contributed by atoms with van der Waals surface area (Å²) in [4.78, 5) is 11.7. The average molecular weight is 280 g/mol. The highest BCUT2D eigenvalue weighted by molar-refractivity contribution is 5.77. The summed E-state index contributed by atoms with van der Waals surface area (Å²) in [6.45, 7) is 0.120. The molecule has 3 N–H and O–H groups in total. The van der Waals surface area contributed by atoms with Crippen molar-refractivity contribution in [1.29, 1.82) is 0 Å². The molecule has 0 bridgehead atoms. The van der Waals surface area contributed by atoms with Gasteiger partial charge in [-0.1, -0.05) is 25.3 Å². The lowest BCUT2D eigenvalue weighted by Crippen LogP contribution is -2.39. The van der Waals surface area contributed by atoms with Gasteiger partial charge in [-0.2, -0.15) is 0 Å². The molecule has 1 fully saturated rings. The van der Waals surface area contributed by atoms with E-state index in [2.05, 4.69) is 5.32 Å². The number of carbonyl (C=O) groups is 1. The largest absolute Gasteiger partial charge is 0.481 e. The molecule has 1 aliphatic rings. The van der Waals surface area contributed by atoms with Gasteiger partial charge in [-0.3, -0.25) is 4.79 Å². The lowest BCUT2D eigenvalue weighted by molar-refractivity contribution is -0.124. The number of amides is 1. The molecule has 0 saturated heterocycles. The van der Waals surface area contributed by atoms with Crippen molar-refractivity contribution in [2.75, 3.05) is 6.61 Å². The molecule has 1 aromatic carbocycles. The molecule has 110 valence electrons. The smallest absolute Gasteiger partial charge is 0.258 e. The first-order valence-electron chi connectivity index (χ1n) is 7.09. The van der Waals surface area contributed by atoms with Gasteiger partial charge in [0.1, 0.15) is 0 Å². The van der Waals surface area contributed by atoms with Gasteiger partial charge in [0.15, 0.2) is 18.2 Å². The Morgan fingerprint density at radius 3 is 2.75 bits per heavy atom. The monoisotopic (exact) mass is 280 g/mol. The van der Waals surface area contributed by atoms with Crippen LogP contribution in [0.25, 0.3) is 0 Å². The molecule has 20 heavy (non-hydrogen) atoms. The standard InChI is InChI=1S/C15H21FN2O2/c16-13-8-11(9-17)6-7-14(13)20-10-15(19)18-12-4-2-1-3-5-12/h6-8,12H,1-5,9-10,17H2,(H,18,19). The number of halogens is 1. The second kappa shape index (κ2) is 7.24. The van der Waals surface area contributed by atoms with Gasteiger partial charge in [-0.15, -0.1) is 0 Å². The van der Waals surface area contributed by atoms with E-state index in [1.807, 2.05) is 0 Å². The number of nitrogens with one attached hydrogen (secondary N) is 1. The van der Waals surface area contributed by atoms with Gasteiger partial charge >= 0.3 is 0 Å². The van der Waals surface area contributed by atoms with Crippen LogP contribution in [-0.2, 0) is 11.3 Å². The van der Waals surface area contributed by atoms with Gasteiger partial charge in [-0.05, 0) is 30.5 Å². The van der Waals surface area contributed by atoms with Crippen LogP contribution in [0.15, 0.2) is 18.2 Å². The summed E-state index contributed by atoms with van der Waals surface area (Å²) < 4.78 is 18.8. The van der Waals surface area contributed by atoms with E-state index in [1.54, 1.807) is 6.07 Å². The second-order valence-corrected chi connectivity index (χ2v) is 5.16. The van der Waals surface area contributed by atoms with Gasteiger partial charge in [0.2, 0.25) is 0 Å². The first-order chi connectivity index (χ1) is 9.69. The number of carbonyl (C=O) groups excluding carboxylic acids is 1. The van der Waals surface area contributed by atoms with Crippen LogP contribution in [0.5, 0.6) is 5.75 Å². The molecule has 1 aliphatic carbocycles. The highest BCUT2D eigenvalue weighted by Crippen LogP contribution is 2.19. The van der Waals surface area contributed by atoms with Crippen LogP contribution >= 0.6 is 0 Å². The quantitative estimate of drug-likeness (QED) is 0.868. The van der Waals surface area contributed by atoms with E-state index in [9.17, 15) is 9.18 Å². The molecule has 0 atom stereocenters. The van der Waals surface area contributed by atoms with Crippen molar-refractivity contribution >= 4 is 5.91 Å². The Labute approximate surface area is 118 Å². The van der Waals surface area contributed by atoms with Crippen LogP contribution in [0.3, 0.4) is 0 Å². The Hall–Kier alpha value is -1.62. The predicted octanol–water partition coefficient (Wildman–Crippen LogP) is 2.11. The normalized spacial score (nSPS) is 15.9. The third kappa shape index (κ3) is 4.20. The maximum Gasteiger partial charge on any atom is 0.258 e. The van der Waals surface area contributed by atoms with Crippen LogP contribution in [0.4, 0.5) is 4.39 Å². The molecule has 0 spiro atoms. The van der Waals surface area contributed by atoms with Crippen LogP contribution in [0.2, 0.25) is 0 Å². The highest BCUT2D eigenvalue weighted by atomic mass is 19.1. The van der Waals surface area contributed by atoms with Crippen molar-refractivity contribution in [2.45, 2.75) is 44.7 Å². The van der Waals surface area contributed by atoms with Gasteiger partial charge in [-0.25, -0.2) is 4.39 Å². The number of hydrogen-bond acceptors (Lipinski definition) is 3. The van der Waals surface area contributed by atoms with E-state index >= 15 is 0 Å². The molecule has 4 nitrogen and oxygen atoms in total. The Balaban J connectivity index is 1.80. The van der Waals surface area contributed by atoms with Gasteiger partial charge < -0.3 is 15.8 Å². The summed E-state index contributed by atoms with van der Waals surface area (Å²) in [6.07, 6.45) is 5.58. The van der Waals surface area contributed by atoms with Gasteiger partial charge in [0.05, 0.1) is 0 Å². The Bertz CT molecular complexity index is 459. The molecule has 0 unspecified atom stereocenters. The lowest BCUT2D eigenvalue weighted by atomic mass is 9.95. The molecule has 1 saturated carbocycles. The summed E-state index contributed by atoms with van der Waals surface area (Å²) in [5.74, 6) is -0.599. The van der Waals surface area contributed by atoms with Crippen molar-refractivity contribution in [1.82, 2.24) is 5.32 Å². The molecule has 0 aromatic heterocycles. The summed E-state index contributed by atoms with van der Waals surface area (Å²) in [5, 5.41) is 2.92. The van der Waals surface area contributed by atoms with E-state index in [1.165, 1.54) is 18.6 Å². The van der Waals surface area contributed by atoms with Crippen molar-refractivity contribution in [3.05, 3.63) is 29.6 Å². The fraction of sp³-hybridized carbons (Fsp3) is 0.533. The summed E-state index contributed by atoms with van der Waals surface area (Å²) in [6, 6.07) is 4.77. The molecule has 1 aromatic rings. The fourth-order valence-corrected chi connectivity index (χ4v) is 2.45. The van der Waals surface area contributed by atoms with Crippen LogP contribution in [0.1, 0.15) is 37.7 Å². The highest BCUT2D eigenvalue weighted by Gasteiger charge is 2.16. The van der Waals surface area contributed by atoms with Crippen molar-refractivity contribution in [3.8, 4) is 5.75 Å². The van der Waals surface area contributed by atoms with Crippen molar-refractivity contribution in [3.63, 3.8) is 0 Å². The Morgan fingerprint density at radius 2 is 2.10 bits per heavy atom. The Morgan fingerprint density at radius 1 is 1.35 bits per heavy atom. The summed E-state index contributed by atoms with van der Waals surface area (Å²) in [5.41, 5.74) is 6.12. The molecule has 0 heterocycles. The maximum atomic E-state index is 13.6. The fourth-order valence-electron chi connectivity index (χ4n) is 2.45. The minimum atomic E-state index is -0.488. The van der Waals surface area contributed by atoms with Crippen molar-refractivity contribution in [2.24, 2.45) is 5.73 Å². The third-order valence-electron chi connectivity index (χ3n) is 3.56. The molecule has 1 amide bonds. The number of rotatable bonds is 5. The Kier molecular flexibility index (Phi) is 5.35. The number of ether oxygens (including phenoxy) is 1. The van der Waals surface area contributed by atoms with E-state index < -0.39 is 5.82 Å². The maximum absolute atomic E-state index is 13.6. The van der Waals surface area contributed by atoms with Crippen LogP contribution < -0.4 is 15.8 Å².